The molecule has 3 rings (SSSR count). The van der Waals surface area contributed by atoms with E-state index in [1.807, 2.05) is 21.7 Å². The van der Waals surface area contributed by atoms with Crippen LogP contribution in [0, 0.1) is 5.41 Å². The summed E-state index contributed by atoms with van der Waals surface area (Å²) in [5.41, 5.74) is 0.849. The van der Waals surface area contributed by atoms with Gasteiger partial charge in [-0.2, -0.15) is 11.3 Å². The second-order valence-corrected chi connectivity index (χ2v) is 8.37. The van der Waals surface area contributed by atoms with Gasteiger partial charge in [0.2, 0.25) is 10.0 Å². The van der Waals surface area contributed by atoms with Gasteiger partial charge >= 0.3 is 0 Å². The lowest BCUT2D eigenvalue weighted by molar-refractivity contribution is 0.0674. The Kier molecular flexibility index (Phi) is 3.38. The van der Waals surface area contributed by atoms with Crippen molar-refractivity contribution in [2.24, 2.45) is 5.41 Å². The van der Waals surface area contributed by atoms with Crippen molar-refractivity contribution in [1.29, 1.82) is 0 Å². The predicted octanol–water partition coefficient (Wildman–Crippen LogP) is 1.29. The fourth-order valence-corrected chi connectivity index (χ4v) is 4.53. The molecule has 2 heterocycles. The molecule has 1 atom stereocenters. The largest absolute Gasteiger partial charge is 0.339 e. The minimum Gasteiger partial charge on any atom is -0.339 e. The van der Waals surface area contributed by atoms with Crippen LogP contribution in [0.25, 0.3) is 0 Å². The van der Waals surface area contributed by atoms with Crippen LogP contribution in [0.1, 0.15) is 29.6 Å². The Morgan fingerprint density at radius 2 is 2.15 bits per heavy atom. The summed E-state index contributed by atoms with van der Waals surface area (Å²) in [7, 11) is -3.13. The molecule has 0 bridgehead atoms. The molecule has 7 heteroatoms. The minimum absolute atomic E-state index is 0.0656. The normalized spacial score (nSPS) is 24.9. The maximum atomic E-state index is 12.2. The predicted molar refractivity (Wildman–Crippen MR) is 78.3 cm³/mol. The quantitative estimate of drug-likeness (QED) is 0.914. The number of piperidine rings is 1. The first-order chi connectivity index (χ1) is 9.40. The number of rotatable bonds is 3. The van der Waals surface area contributed by atoms with Crippen molar-refractivity contribution in [3.8, 4) is 0 Å². The zero-order valence-electron chi connectivity index (χ0n) is 11.3. The van der Waals surface area contributed by atoms with E-state index in [1.54, 1.807) is 0 Å². The lowest BCUT2D eigenvalue weighted by Crippen LogP contribution is -2.41. The number of likely N-dealkylation sites (tertiary alicyclic amines) is 1. The van der Waals surface area contributed by atoms with E-state index in [0.717, 1.165) is 37.9 Å². The third kappa shape index (κ3) is 2.75. The summed E-state index contributed by atoms with van der Waals surface area (Å²) in [4.78, 5) is 14.1. The Balaban J connectivity index is 1.57. The molecule has 1 saturated carbocycles. The molecule has 0 radical (unpaired) electrons. The number of nitrogens with zero attached hydrogens (tertiary/aromatic N) is 1. The molecule has 5 nitrogen and oxygen atoms in total. The second kappa shape index (κ2) is 4.82. The lowest BCUT2D eigenvalue weighted by Gasteiger charge is -2.32. The third-order valence-electron chi connectivity index (χ3n) is 4.36. The van der Waals surface area contributed by atoms with Gasteiger partial charge in [-0.1, -0.05) is 0 Å². The van der Waals surface area contributed by atoms with Crippen LogP contribution in [0.4, 0.5) is 0 Å². The van der Waals surface area contributed by atoms with Crippen molar-refractivity contribution in [2.75, 3.05) is 19.3 Å². The monoisotopic (exact) mass is 314 g/mol. The Hall–Kier alpha value is -0.920. The molecule has 1 aromatic heterocycles. The molecular weight excluding hydrogens is 296 g/mol. The van der Waals surface area contributed by atoms with Crippen LogP contribution < -0.4 is 4.72 Å². The molecule has 1 amide bonds. The van der Waals surface area contributed by atoms with Crippen LogP contribution in [0.5, 0.6) is 0 Å². The van der Waals surface area contributed by atoms with Crippen LogP contribution in [-0.4, -0.2) is 44.6 Å². The van der Waals surface area contributed by atoms with Gasteiger partial charge in [-0.25, -0.2) is 13.1 Å². The molecule has 1 aliphatic heterocycles. The van der Waals surface area contributed by atoms with Gasteiger partial charge in [0.1, 0.15) is 0 Å². The number of thiophene rings is 1. The summed E-state index contributed by atoms with van der Waals surface area (Å²) < 4.78 is 25.2. The lowest BCUT2D eigenvalue weighted by atomic mass is 9.92. The van der Waals surface area contributed by atoms with Gasteiger partial charge in [0.25, 0.3) is 5.91 Å². The van der Waals surface area contributed by atoms with Gasteiger partial charge in [0.15, 0.2) is 0 Å². The number of sulfonamides is 1. The molecule has 20 heavy (non-hydrogen) atoms. The van der Waals surface area contributed by atoms with E-state index in [9.17, 15) is 13.2 Å². The first-order valence-electron chi connectivity index (χ1n) is 6.68. The maximum absolute atomic E-state index is 12.2. The Morgan fingerprint density at radius 3 is 2.70 bits per heavy atom. The number of amides is 1. The fourth-order valence-electron chi connectivity index (χ4n) is 3.05. The van der Waals surface area contributed by atoms with Crippen molar-refractivity contribution >= 4 is 27.3 Å². The Bertz CT molecular complexity index is 602. The van der Waals surface area contributed by atoms with E-state index in [2.05, 4.69) is 4.72 Å². The van der Waals surface area contributed by atoms with E-state index in [4.69, 9.17) is 0 Å². The molecule has 1 spiro atoms. The minimum atomic E-state index is -3.13. The first-order valence-corrected chi connectivity index (χ1v) is 9.52. The molecule has 1 unspecified atom stereocenters. The first kappa shape index (κ1) is 14.0. The highest BCUT2D eigenvalue weighted by atomic mass is 32.2. The van der Waals surface area contributed by atoms with E-state index in [1.165, 1.54) is 17.6 Å². The topological polar surface area (TPSA) is 66.5 Å². The average molecular weight is 314 g/mol. The van der Waals surface area contributed by atoms with Crippen LogP contribution in [0.2, 0.25) is 0 Å². The smallest absolute Gasteiger partial charge is 0.254 e. The molecule has 2 fully saturated rings. The highest BCUT2D eigenvalue weighted by molar-refractivity contribution is 7.88. The van der Waals surface area contributed by atoms with Crippen LogP contribution in [0.3, 0.4) is 0 Å². The van der Waals surface area contributed by atoms with Crippen molar-refractivity contribution in [3.63, 3.8) is 0 Å². The molecule has 1 N–H and O–H groups in total. The van der Waals surface area contributed by atoms with E-state index in [-0.39, 0.29) is 17.4 Å². The standard InChI is InChI=1S/C13H18N2O3S2/c1-20(17,18)14-11-8-13(11)3-5-15(6-4-13)12(16)10-2-7-19-9-10/h2,7,9,11,14H,3-6,8H2,1H3. The van der Waals surface area contributed by atoms with Gasteiger partial charge in [-0.05, 0) is 36.1 Å². The average Bonchev–Trinajstić information content (AvgIpc) is 2.81. The van der Waals surface area contributed by atoms with Gasteiger partial charge < -0.3 is 4.90 Å². The van der Waals surface area contributed by atoms with E-state index < -0.39 is 10.0 Å². The van der Waals surface area contributed by atoms with E-state index >= 15 is 0 Å². The number of hydrogen-bond donors (Lipinski definition) is 1. The highest BCUT2D eigenvalue weighted by Gasteiger charge is 2.56. The van der Waals surface area contributed by atoms with Crippen LogP contribution in [-0.2, 0) is 10.0 Å². The van der Waals surface area contributed by atoms with Crippen molar-refractivity contribution in [1.82, 2.24) is 9.62 Å². The number of carbonyl (C=O) groups is 1. The Labute approximate surface area is 123 Å². The van der Waals surface area contributed by atoms with Crippen LogP contribution in [0.15, 0.2) is 16.8 Å². The van der Waals surface area contributed by atoms with Crippen molar-refractivity contribution in [3.05, 3.63) is 22.4 Å². The van der Waals surface area contributed by atoms with Gasteiger partial charge in [0, 0.05) is 24.5 Å². The van der Waals surface area contributed by atoms with Gasteiger partial charge in [-0.3, -0.25) is 4.79 Å². The summed E-state index contributed by atoms with van der Waals surface area (Å²) in [5.74, 6) is 0.0920. The van der Waals surface area contributed by atoms with Crippen molar-refractivity contribution in [2.45, 2.75) is 25.3 Å². The SMILES string of the molecule is CS(=O)(=O)NC1CC12CCN(C(=O)c1ccsc1)CC2. The van der Waals surface area contributed by atoms with Gasteiger partial charge in [0.05, 0.1) is 11.8 Å². The zero-order chi connectivity index (χ0) is 14.4. The molecule has 110 valence electrons. The number of nitrogens with one attached hydrogen (secondary N) is 1. The molecule has 2 aliphatic rings. The summed E-state index contributed by atoms with van der Waals surface area (Å²) in [6, 6.07) is 1.92. The number of hydrogen-bond acceptors (Lipinski definition) is 4. The molecule has 1 aromatic rings. The number of carbonyl (C=O) groups excluding carboxylic acids is 1. The Morgan fingerprint density at radius 1 is 1.45 bits per heavy atom. The maximum Gasteiger partial charge on any atom is 0.254 e. The molecule has 1 saturated heterocycles. The van der Waals surface area contributed by atoms with Gasteiger partial charge in [-0.15, -0.1) is 0 Å². The second-order valence-electron chi connectivity index (χ2n) is 5.81. The highest BCUT2D eigenvalue weighted by Crippen LogP contribution is 2.54. The van der Waals surface area contributed by atoms with E-state index in [0.29, 0.717) is 0 Å². The third-order valence-corrected chi connectivity index (χ3v) is 5.76. The summed E-state index contributed by atoms with van der Waals surface area (Å²) in [6.07, 6.45) is 3.88. The fraction of sp³-hybridized carbons (Fsp3) is 0.615. The molecular formula is C13H18N2O3S2. The summed E-state index contributed by atoms with van der Waals surface area (Å²) in [6.45, 7) is 1.44. The summed E-state index contributed by atoms with van der Waals surface area (Å²) in [5, 5.41) is 3.78. The van der Waals surface area contributed by atoms with Crippen LogP contribution >= 0.6 is 11.3 Å². The molecule has 1 aliphatic carbocycles. The van der Waals surface area contributed by atoms with Crippen molar-refractivity contribution < 1.29 is 13.2 Å². The zero-order valence-corrected chi connectivity index (χ0v) is 13.0. The summed E-state index contributed by atoms with van der Waals surface area (Å²) >= 11 is 1.53. The molecule has 0 aromatic carbocycles.